The van der Waals surface area contributed by atoms with Crippen molar-refractivity contribution in [2.75, 3.05) is 0 Å². The smallest absolute Gasteiger partial charge is 0.330 e. The summed E-state index contributed by atoms with van der Waals surface area (Å²) in [4.78, 5) is 0. The Kier molecular flexibility index (Phi) is 25.5. The standard InChI is InChI=1S/2Na.H2O6S4.2H2O/c;;1-9(2,3)7-8-10(4,5)6;;/h;;(H,1,2,3)(H,4,5,6);2*1H2. The van der Waals surface area contributed by atoms with Crippen LogP contribution in [0.4, 0.5) is 0 Å². The summed E-state index contributed by atoms with van der Waals surface area (Å²) < 4.78 is 55.0. The molecule has 6 N–H and O–H groups in total. The van der Waals surface area contributed by atoms with E-state index in [4.69, 9.17) is 9.11 Å². The van der Waals surface area contributed by atoms with Crippen molar-refractivity contribution in [3.63, 3.8) is 0 Å². The van der Waals surface area contributed by atoms with Gasteiger partial charge in [-0.2, -0.15) is 16.8 Å². The van der Waals surface area contributed by atoms with Crippen LogP contribution in [0.15, 0.2) is 0 Å². The molecule has 0 saturated heterocycles. The first-order valence-electron chi connectivity index (χ1n) is 1.53. The Morgan fingerprint density at radius 1 is 0.714 bits per heavy atom. The average Bonchev–Trinajstić information content (AvgIpc) is 1.57. The summed E-state index contributed by atoms with van der Waals surface area (Å²) in [5, 5.41) is 0. The molecule has 2 radical (unpaired) electrons. The fourth-order valence-corrected chi connectivity index (χ4v) is 5.69. The summed E-state index contributed by atoms with van der Waals surface area (Å²) in [5.41, 5.74) is 0. The van der Waals surface area contributed by atoms with Crippen LogP contribution in [-0.2, 0) is 18.3 Å². The summed E-state index contributed by atoms with van der Waals surface area (Å²) >= 11 is 0. The van der Waals surface area contributed by atoms with Crippen molar-refractivity contribution in [2.45, 2.75) is 0 Å². The molecule has 0 aliphatic rings. The van der Waals surface area contributed by atoms with E-state index in [9.17, 15) is 16.8 Å². The molecule has 0 fully saturated rings. The maximum absolute atomic E-state index is 9.80. The van der Waals surface area contributed by atoms with Gasteiger partial charge in [0.1, 0.15) is 0 Å². The van der Waals surface area contributed by atoms with E-state index in [1.54, 1.807) is 0 Å². The van der Waals surface area contributed by atoms with E-state index in [0.29, 0.717) is 0 Å². The molecule has 0 unspecified atom stereocenters. The van der Waals surface area contributed by atoms with Crippen LogP contribution in [0.25, 0.3) is 0 Å². The molecule has 14 heteroatoms. The van der Waals surface area contributed by atoms with Crippen LogP contribution >= 0.6 is 19.7 Å². The fourth-order valence-electron chi connectivity index (χ4n) is 0.0702. The van der Waals surface area contributed by atoms with Crippen LogP contribution in [0.5, 0.6) is 0 Å². The summed E-state index contributed by atoms with van der Waals surface area (Å²) in [6, 6.07) is 0. The van der Waals surface area contributed by atoms with E-state index in [1.807, 2.05) is 0 Å². The Bertz CT molecular complexity index is 255. The third kappa shape index (κ3) is 29.3. The van der Waals surface area contributed by atoms with Gasteiger partial charge in [0.15, 0.2) is 0 Å². The van der Waals surface area contributed by atoms with Gasteiger partial charge in [-0.05, 0) is 0 Å². The van der Waals surface area contributed by atoms with Gasteiger partial charge in [0.2, 0.25) is 0 Å². The molecule has 0 aliphatic carbocycles. The summed E-state index contributed by atoms with van der Waals surface area (Å²) in [6.07, 6.45) is 0. The van der Waals surface area contributed by atoms with E-state index in [1.165, 1.54) is 0 Å². The SMILES string of the molecule is O.O.O=S(=O)(O)SSS(=O)(=O)O.[Na].[Na]. The zero-order valence-electron chi connectivity index (χ0n) is 7.16. The molecule has 80 valence electrons. The maximum atomic E-state index is 9.80. The molecule has 0 atom stereocenters. The second-order valence-corrected chi connectivity index (χ2v) is 8.77. The van der Waals surface area contributed by atoms with E-state index >= 15 is 0 Å². The third-order valence-electron chi connectivity index (χ3n) is 0.200. The Labute approximate surface area is 132 Å². The minimum absolute atomic E-state index is 0. The summed E-state index contributed by atoms with van der Waals surface area (Å²) in [5.74, 6) is 0. The fraction of sp³-hybridized carbons (Fsp3) is 0. The normalized spacial score (nSPS) is 9.57. The van der Waals surface area contributed by atoms with Crippen molar-refractivity contribution < 1.29 is 36.9 Å². The van der Waals surface area contributed by atoms with Crippen LogP contribution in [-0.4, -0.2) is 96.0 Å². The Morgan fingerprint density at radius 2 is 0.857 bits per heavy atom. The van der Waals surface area contributed by atoms with E-state index in [2.05, 4.69) is 0 Å². The first kappa shape index (κ1) is 29.9. The quantitative estimate of drug-likeness (QED) is 0.329. The van der Waals surface area contributed by atoms with Gasteiger partial charge in [-0.3, -0.25) is 9.11 Å². The average molecular weight is 308 g/mol. The summed E-state index contributed by atoms with van der Waals surface area (Å²) in [6.45, 7) is 0. The van der Waals surface area contributed by atoms with Crippen molar-refractivity contribution >= 4 is 97.1 Å². The molecular formula is H6Na2O8S4. The molecular weight excluding hydrogens is 302 g/mol. The zero-order valence-corrected chi connectivity index (χ0v) is 14.4. The molecule has 0 aliphatic heterocycles. The van der Waals surface area contributed by atoms with E-state index in [-0.39, 0.29) is 89.7 Å². The molecule has 8 nitrogen and oxygen atoms in total. The number of rotatable bonds is 3. The third-order valence-corrected chi connectivity index (χ3v) is 6.89. The van der Waals surface area contributed by atoms with Crippen LogP contribution < -0.4 is 0 Å². The minimum atomic E-state index is -4.42. The van der Waals surface area contributed by atoms with Gasteiger partial charge in [-0.25, -0.2) is 0 Å². The van der Waals surface area contributed by atoms with Gasteiger partial charge >= 0.3 is 18.3 Å². The van der Waals surface area contributed by atoms with Crippen molar-refractivity contribution in [3.05, 3.63) is 0 Å². The van der Waals surface area contributed by atoms with Crippen LogP contribution in [0, 0.1) is 0 Å². The molecule has 0 heterocycles. The van der Waals surface area contributed by atoms with Crippen molar-refractivity contribution in [2.24, 2.45) is 0 Å². The molecule has 14 heavy (non-hydrogen) atoms. The van der Waals surface area contributed by atoms with Crippen molar-refractivity contribution in [3.8, 4) is 0 Å². The topological polar surface area (TPSA) is 172 Å². The minimum Gasteiger partial charge on any atom is -0.412 e. The molecule has 0 saturated carbocycles. The second-order valence-electron chi connectivity index (χ2n) is 0.992. The van der Waals surface area contributed by atoms with E-state index < -0.39 is 18.3 Å². The molecule has 0 aromatic carbocycles. The predicted octanol–water partition coefficient (Wildman–Crippen LogP) is -2.44. The van der Waals surface area contributed by atoms with Gasteiger partial charge in [-0.15, -0.1) is 0 Å². The van der Waals surface area contributed by atoms with Gasteiger partial charge in [0, 0.05) is 59.1 Å². The van der Waals surface area contributed by atoms with Crippen molar-refractivity contribution in [1.82, 2.24) is 0 Å². The Balaban J connectivity index is -0.0000000675. The van der Waals surface area contributed by atoms with Gasteiger partial charge in [-0.1, -0.05) is 0 Å². The molecule has 0 aromatic heterocycles. The van der Waals surface area contributed by atoms with Gasteiger partial charge in [0.05, 0.1) is 19.7 Å². The van der Waals surface area contributed by atoms with Crippen LogP contribution in [0.1, 0.15) is 0 Å². The molecule has 0 amide bonds. The van der Waals surface area contributed by atoms with Gasteiger partial charge in [0.25, 0.3) is 0 Å². The van der Waals surface area contributed by atoms with Crippen LogP contribution in [0.2, 0.25) is 0 Å². The zero-order chi connectivity index (χ0) is 8.41. The number of hydrogen-bond acceptors (Lipinski definition) is 6. The monoisotopic (exact) mass is 308 g/mol. The summed E-state index contributed by atoms with van der Waals surface area (Å²) in [7, 11) is -9.54. The van der Waals surface area contributed by atoms with Crippen LogP contribution in [0.3, 0.4) is 0 Å². The molecule has 0 bridgehead atoms. The second kappa shape index (κ2) is 11.9. The predicted molar refractivity (Wildman–Crippen MR) is 57.0 cm³/mol. The van der Waals surface area contributed by atoms with Gasteiger partial charge < -0.3 is 11.0 Å². The van der Waals surface area contributed by atoms with Crippen molar-refractivity contribution in [1.29, 1.82) is 0 Å². The number of hydrogen-bond donors (Lipinski definition) is 2. The molecule has 0 rings (SSSR count). The van der Waals surface area contributed by atoms with E-state index in [0.717, 1.165) is 0 Å². The molecule has 0 aromatic rings. The first-order valence-corrected chi connectivity index (χ1v) is 7.60. The Morgan fingerprint density at radius 3 is 0.929 bits per heavy atom. The first-order chi connectivity index (χ1) is 4.21. The largest absolute Gasteiger partial charge is 0.412 e. The maximum Gasteiger partial charge on any atom is 0.330 e. The molecule has 0 spiro atoms. The Hall–Kier alpha value is 2.44.